The summed E-state index contributed by atoms with van der Waals surface area (Å²) in [5.41, 5.74) is 1.92. The van der Waals surface area contributed by atoms with Gasteiger partial charge in [0.1, 0.15) is 12.1 Å². The number of nitrogens with zero attached hydrogens (tertiary/aromatic N) is 7. The van der Waals surface area contributed by atoms with Crippen molar-refractivity contribution in [3.05, 3.63) is 36.4 Å². The SMILES string of the molecule is c1cc2n(n1)C(COCC1CCOCC1)CN(c1ccc3nncn3n1)C2. The van der Waals surface area contributed by atoms with Gasteiger partial charge in [-0.05, 0) is 37.0 Å². The average Bonchev–Trinajstić information content (AvgIpc) is 3.37. The highest BCUT2D eigenvalue weighted by atomic mass is 16.5. The fourth-order valence-corrected chi connectivity index (χ4v) is 3.86. The molecule has 0 bridgehead atoms. The first-order valence-electron chi connectivity index (χ1n) is 9.47. The highest BCUT2D eigenvalue weighted by Crippen LogP contribution is 2.25. The van der Waals surface area contributed by atoms with Gasteiger partial charge in [-0.25, -0.2) is 0 Å². The van der Waals surface area contributed by atoms with Crippen LogP contribution < -0.4 is 4.90 Å². The number of fused-ring (bicyclic) bond motifs is 2. The number of aromatic nitrogens is 6. The zero-order valence-electron chi connectivity index (χ0n) is 15.1. The Kier molecular flexibility index (Phi) is 4.46. The van der Waals surface area contributed by atoms with Crippen LogP contribution in [0, 0.1) is 5.92 Å². The lowest BCUT2D eigenvalue weighted by Gasteiger charge is -2.34. The van der Waals surface area contributed by atoms with Gasteiger partial charge in [-0.3, -0.25) is 4.68 Å². The molecular weight excluding hydrogens is 346 g/mol. The smallest absolute Gasteiger partial charge is 0.177 e. The van der Waals surface area contributed by atoms with E-state index < -0.39 is 0 Å². The van der Waals surface area contributed by atoms with Gasteiger partial charge in [0.25, 0.3) is 0 Å². The molecule has 1 unspecified atom stereocenters. The second kappa shape index (κ2) is 7.24. The number of rotatable bonds is 5. The van der Waals surface area contributed by atoms with Crippen LogP contribution in [0.25, 0.3) is 5.65 Å². The number of ether oxygens (including phenoxy) is 2. The second-order valence-electron chi connectivity index (χ2n) is 7.22. The third-order valence-corrected chi connectivity index (χ3v) is 5.36. The van der Waals surface area contributed by atoms with E-state index in [9.17, 15) is 0 Å². The van der Waals surface area contributed by atoms with E-state index in [2.05, 4.69) is 36.0 Å². The molecule has 1 saturated heterocycles. The predicted molar refractivity (Wildman–Crippen MR) is 97.5 cm³/mol. The lowest BCUT2D eigenvalue weighted by atomic mass is 10.0. The molecule has 0 N–H and O–H groups in total. The molecule has 0 saturated carbocycles. The Bertz CT molecular complexity index is 902. The minimum absolute atomic E-state index is 0.169. The molecule has 0 radical (unpaired) electrons. The van der Waals surface area contributed by atoms with Crippen LogP contribution in [0.15, 0.2) is 30.7 Å². The molecule has 1 atom stereocenters. The Morgan fingerprint density at radius 1 is 1.15 bits per heavy atom. The van der Waals surface area contributed by atoms with Gasteiger partial charge >= 0.3 is 0 Å². The first-order chi connectivity index (χ1) is 13.4. The Labute approximate surface area is 156 Å². The second-order valence-corrected chi connectivity index (χ2v) is 7.22. The quantitative estimate of drug-likeness (QED) is 0.671. The van der Waals surface area contributed by atoms with Crippen molar-refractivity contribution in [3.63, 3.8) is 0 Å². The van der Waals surface area contributed by atoms with Gasteiger partial charge in [0.05, 0.1) is 24.9 Å². The molecule has 0 amide bonds. The zero-order valence-corrected chi connectivity index (χ0v) is 15.1. The Morgan fingerprint density at radius 3 is 3.00 bits per heavy atom. The maximum Gasteiger partial charge on any atom is 0.177 e. The third-order valence-electron chi connectivity index (χ3n) is 5.36. The van der Waals surface area contributed by atoms with Crippen molar-refractivity contribution in [2.45, 2.75) is 25.4 Å². The standard InChI is InChI=1S/C18H23N7O2/c1-2-18(22-24-13-19-21-17(1)24)23-9-15-3-6-20-25(15)16(10-23)12-27-11-14-4-7-26-8-5-14/h1-3,6,13-14,16H,4-5,7-12H2. The van der Waals surface area contributed by atoms with Gasteiger partial charge in [0, 0.05) is 32.6 Å². The first kappa shape index (κ1) is 16.6. The molecule has 142 valence electrons. The van der Waals surface area contributed by atoms with E-state index in [-0.39, 0.29) is 6.04 Å². The van der Waals surface area contributed by atoms with Crippen molar-refractivity contribution >= 4 is 11.5 Å². The van der Waals surface area contributed by atoms with Gasteiger partial charge in [-0.1, -0.05) is 0 Å². The van der Waals surface area contributed by atoms with E-state index in [0.29, 0.717) is 12.5 Å². The van der Waals surface area contributed by atoms with Gasteiger partial charge in [-0.2, -0.15) is 9.61 Å². The minimum Gasteiger partial charge on any atom is -0.381 e. The monoisotopic (exact) mass is 369 g/mol. The summed E-state index contributed by atoms with van der Waals surface area (Å²) in [5, 5.41) is 17.1. The molecule has 1 fully saturated rings. The Hall–Kier alpha value is -2.52. The van der Waals surface area contributed by atoms with E-state index in [1.807, 2.05) is 18.3 Å². The molecule has 2 aliphatic rings. The maximum absolute atomic E-state index is 6.09. The van der Waals surface area contributed by atoms with Crippen LogP contribution in [0.4, 0.5) is 5.82 Å². The van der Waals surface area contributed by atoms with Crippen LogP contribution in [0.2, 0.25) is 0 Å². The van der Waals surface area contributed by atoms with Crippen LogP contribution in [0.1, 0.15) is 24.6 Å². The molecule has 3 aromatic rings. The highest BCUT2D eigenvalue weighted by Gasteiger charge is 2.27. The number of hydrogen-bond donors (Lipinski definition) is 0. The molecular formula is C18H23N7O2. The van der Waals surface area contributed by atoms with Crippen LogP contribution in [0.5, 0.6) is 0 Å². The Balaban J connectivity index is 1.29. The van der Waals surface area contributed by atoms with Crippen LogP contribution in [-0.4, -0.2) is 62.6 Å². The summed E-state index contributed by atoms with van der Waals surface area (Å²) in [6.07, 6.45) is 5.67. The normalized spacial score (nSPS) is 20.9. The fraction of sp³-hybridized carbons (Fsp3) is 0.556. The van der Waals surface area contributed by atoms with Crippen molar-refractivity contribution in [1.29, 1.82) is 0 Å². The van der Waals surface area contributed by atoms with E-state index in [0.717, 1.165) is 57.2 Å². The van der Waals surface area contributed by atoms with Crippen molar-refractivity contribution in [2.24, 2.45) is 5.92 Å². The minimum atomic E-state index is 0.169. The van der Waals surface area contributed by atoms with Gasteiger partial charge < -0.3 is 14.4 Å². The molecule has 5 rings (SSSR count). The molecule has 2 aliphatic heterocycles. The summed E-state index contributed by atoms with van der Waals surface area (Å²) in [5.74, 6) is 1.51. The summed E-state index contributed by atoms with van der Waals surface area (Å²) < 4.78 is 15.3. The number of hydrogen-bond acceptors (Lipinski definition) is 7. The topological polar surface area (TPSA) is 82.6 Å². The molecule has 0 spiro atoms. The Morgan fingerprint density at radius 2 is 2.07 bits per heavy atom. The molecule has 0 aliphatic carbocycles. The van der Waals surface area contributed by atoms with Gasteiger partial charge in [0.15, 0.2) is 5.65 Å². The fourth-order valence-electron chi connectivity index (χ4n) is 3.86. The summed E-state index contributed by atoms with van der Waals surface area (Å²) in [4.78, 5) is 2.26. The molecule has 5 heterocycles. The first-order valence-corrected chi connectivity index (χ1v) is 9.47. The van der Waals surface area contributed by atoms with Gasteiger partial charge in [0.2, 0.25) is 0 Å². The van der Waals surface area contributed by atoms with Crippen molar-refractivity contribution in [3.8, 4) is 0 Å². The molecule has 9 heteroatoms. The largest absolute Gasteiger partial charge is 0.381 e. The van der Waals surface area contributed by atoms with E-state index >= 15 is 0 Å². The van der Waals surface area contributed by atoms with E-state index in [4.69, 9.17) is 9.47 Å². The molecule has 3 aromatic heterocycles. The molecule has 27 heavy (non-hydrogen) atoms. The van der Waals surface area contributed by atoms with Crippen molar-refractivity contribution < 1.29 is 9.47 Å². The van der Waals surface area contributed by atoms with E-state index in [1.54, 1.807) is 10.8 Å². The summed E-state index contributed by atoms with van der Waals surface area (Å²) in [7, 11) is 0. The van der Waals surface area contributed by atoms with Crippen LogP contribution >= 0.6 is 0 Å². The third kappa shape index (κ3) is 3.40. The van der Waals surface area contributed by atoms with Crippen molar-refractivity contribution in [1.82, 2.24) is 29.6 Å². The molecule has 9 nitrogen and oxygen atoms in total. The summed E-state index contributed by atoms with van der Waals surface area (Å²) in [6.45, 7) is 4.73. The average molecular weight is 369 g/mol. The summed E-state index contributed by atoms with van der Waals surface area (Å²) in [6, 6.07) is 6.17. The van der Waals surface area contributed by atoms with Gasteiger partial charge in [-0.15, -0.1) is 15.3 Å². The van der Waals surface area contributed by atoms with Crippen LogP contribution in [-0.2, 0) is 16.0 Å². The van der Waals surface area contributed by atoms with E-state index in [1.165, 1.54) is 5.69 Å². The highest BCUT2D eigenvalue weighted by molar-refractivity contribution is 5.45. The van der Waals surface area contributed by atoms with Crippen molar-refractivity contribution in [2.75, 3.05) is 37.9 Å². The summed E-state index contributed by atoms with van der Waals surface area (Å²) >= 11 is 0. The predicted octanol–water partition coefficient (Wildman–Crippen LogP) is 1.33. The van der Waals surface area contributed by atoms with Crippen LogP contribution in [0.3, 0.4) is 0 Å². The lowest BCUT2D eigenvalue weighted by Crippen LogP contribution is -2.40. The number of anilines is 1. The molecule has 0 aromatic carbocycles. The zero-order chi connectivity index (χ0) is 18.1. The maximum atomic E-state index is 6.09. The lowest BCUT2D eigenvalue weighted by molar-refractivity contribution is 0.0112.